The molecule has 3 aliphatic rings. The monoisotopic (exact) mass is 647 g/mol. The van der Waals surface area contributed by atoms with Gasteiger partial charge in [0.2, 0.25) is 0 Å². The summed E-state index contributed by atoms with van der Waals surface area (Å²) in [6.07, 6.45) is -1.80. The third-order valence-electron chi connectivity index (χ3n) is 8.43. The van der Waals surface area contributed by atoms with Crippen molar-refractivity contribution in [1.29, 1.82) is 0 Å². The molecule has 0 bridgehead atoms. The molecule has 4 amide bonds. The molecule has 2 saturated heterocycles. The molecule has 0 atom stereocenters. The third kappa shape index (κ3) is 6.78. The highest BCUT2D eigenvalue weighted by atomic mass is 35.5. The smallest absolute Gasteiger partial charge is 0.337 e. The highest BCUT2D eigenvalue weighted by molar-refractivity contribution is 6.34. The number of anilines is 1. The number of halogens is 4. The Balaban J connectivity index is 1.05. The molecule has 3 N–H and O–H groups in total. The summed E-state index contributed by atoms with van der Waals surface area (Å²) in [4.78, 5) is 53.3. The minimum Gasteiger partial charge on any atom is -0.337 e. The van der Waals surface area contributed by atoms with Crippen LogP contribution >= 0.6 is 11.6 Å². The Kier molecular flexibility index (Phi) is 8.48. The van der Waals surface area contributed by atoms with Crippen molar-refractivity contribution < 1.29 is 27.6 Å². The van der Waals surface area contributed by atoms with Gasteiger partial charge in [-0.15, -0.1) is 0 Å². The molecule has 3 aromatic rings. The number of amides is 4. The van der Waals surface area contributed by atoms with Gasteiger partial charge in [0.25, 0.3) is 11.8 Å². The highest BCUT2D eigenvalue weighted by Crippen LogP contribution is 2.44. The number of urea groups is 1. The van der Waals surface area contributed by atoms with E-state index in [1.165, 1.54) is 24.4 Å². The Morgan fingerprint density at radius 3 is 2.27 bits per heavy atom. The maximum absolute atomic E-state index is 13.5. The summed E-state index contributed by atoms with van der Waals surface area (Å²) in [6.45, 7) is 4.63. The molecular weight excluding hydrogens is 615 g/mol. The van der Waals surface area contributed by atoms with Gasteiger partial charge in [0.05, 0.1) is 10.6 Å². The SMILES string of the molecule is CN1CCN(C(=O)N2CCN(C(=O)c3ccc(NC(=O)c4ncc(Cc5c(C(F)(F)F)n[nH]c5C5CC5)[nH]4)cc3Cl)CC2)CC1. The predicted octanol–water partition coefficient (Wildman–Crippen LogP) is 3.65. The topological polar surface area (TPSA) is 134 Å². The van der Waals surface area contributed by atoms with Crippen LogP contribution in [0.15, 0.2) is 24.4 Å². The van der Waals surface area contributed by atoms with Gasteiger partial charge in [-0.2, -0.15) is 18.3 Å². The number of benzene rings is 1. The maximum atomic E-state index is 13.5. The van der Waals surface area contributed by atoms with Gasteiger partial charge < -0.3 is 29.9 Å². The van der Waals surface area contributed by atoms with Crippen LogP contribution < -0.4 is 5.32 Å². The fourth-order valence-electron chi connectivity index (χ4n) is 5.68. The molecule has 6 rings (SSSR count). The van der Waals surface area contributed by atoms with Crippen LogP contribution in [0.25, 0.3) is 0 Å². The molecule has 3 fully saturated rings. The predicted molar refractivity (Wildman–Crippen MR) is 158 cm³/mol. The number of aromatic nitrogens is 4. The van der Waals surface area contributed by atoms with Crippen molar-refractivity contribution in [2.45, 2.75) is 31.4 Å². The number of likely N-dealkylation sites (N-methyl/N-ethyl adjacent to an activating group) is 1. The summed E-state index contributed by atoms with van der Waals surface area (Å²) in [5.41, 5.74) is 0.464. The molecule has 0 unspecified atom stereocenters. The number of piperazine rings is 2. The number of hydrogen-bond donors (Lipinski definition) is 3. The van der Waals surface area contributed by atoms with E-state index in [0.29, 0.717) is 56.3 Å². The van der Waals surface area contributed by atoms with Gasteiger partial charge in [-0.3, -0.25) is 14.7 Å². The number of H-pyrrole nitrogens is 2. The Morgan fingerprint density at radius 2 is 1.64 bits per heavy atom. The molecule has 12 nitrogen and oxygen atoms in total. The molecule has 2 aromatic heterocycles. The molecule has 45 heavy (non-hydrogen) atoms. The van der Waals surface area contributed by atoms with Crippen LogP contribution in [0, 0.1) is 0 Å². The second kappa shape index (κ2) is 12.4. The zero-order valence-electron chi connectivity index (χ0n) is 24.6. The Hall–Kier alpha value is -4.11. The average molecular weight is 648 g/mol. The van der Waals surface area contributed by atoms with E-state index < -0.39 is 17.8 Å². The number of aromatic amines is 2. The Labute approximate surface area is 261 Å². The first-order valence-electron chi connectivity index (χ1n) is 14.8. The van der Waals surface area contributed by atoms with Gasteiger partial charge in [0.15, 0.2) is 11.5 Å². The van der Waals surface area contributed by atoms with E-state index in [4.69, 9.17) is 11.6 Å². The molecular formula is C29H33ClF3N9O3. The number of rotatable bonds is 6. The zero-order valence-corrected chi connectivity index (χ0v) is 25.3. The maximum Gasteiger partial charge on any atom is 0.435 e. The second-order valence-corrected chi connectivity index (χ2v) is 12.1. The fourth-order valence-corrected chi connectivity index (χ4v) is 5.94. The van der Waals surface area contributed by atoms with Crippen molar-refractivity contribution in [3.63, 3.8) is 0 Å². The Bertz CT molecular complexity index is 1590. The first-order valence-corrected chi connectivity index (χ1v) is 15.2. The van der Waals surface area contributed by atoms with Crippen LogP contribution in [0.2, 0.25) is 5.02 Å². The van der Waals surface area contributed by atoms with E-state index in [9.17, 15) is 27.6 Å². The number of carbonyl (C=O) groups excluding carboxylic acids is 3. The Morgan fingerprint density at radius 1 is 1.00 bits per heavy atom. The molecule has 1 aromatic carbocycles. The van der Waals surface area contributed by atoms with Crippen molar-refractivity contribution in [2.24, 2.45) is 0 Å². The standard InChI is InChI=1S/C29H33ClF3N9O3/c1-39-6-8-41(9-7-39)28(45)42-12-10-40(11-13-42)27(44)20-5-4-18(15-22(20)30)36-26(43)25-34-16-19(35-25)14-21-23(17-2-3-17)37-38-24(21)29(31,32)33/h4-5,15-17H,2-3,6-14H2,1H3,(H,34,35)(H,36,43)(H,37,38). The first kappa shape index (κ1) is 30.9. The largest absolute Gasteiger partial charge is 0.435 e. The molecule has 1 saturated carbocycles. The van der Waals surface area contributed by atoms with Crippen LogP contribution in [0.4, 0.5) is 23.7 Å². The molecule has 2 aliphatic heterocycles. The quantitative estimate of drug-likeness (QED) is 0.374. The number of nitrogens with zero attached hydrogens (tertiary/aromatic N) is 6. The first-order chi connectivity index (χ1) is 21.5. The van der Waals surface area contributed by atoms with Gasteiger partial charge in [-0.1, -0.05) is 11.6 Å². The summed E-state index contributed by atoms with van der Waals surface area (Å²) >= 11 is 6.45. The van der Waals surface area contributed by atoms with Crippen LogP contribution in [-0.4, -0.2) is 117 Å². The minimum absolute atomic E-state index is 0.00690. The van der Waals surface area contributed by atoms with Gasteiger partial charge in [0.1, 0.15) is 0 Å². The van der Waals surface area contributed by atoms with Crippen LogP contribution in [0.5, 0.6) is 0 Å². The van der Waals surface area contributed by atoms with E-state index in [1.54, 1.807) is 9.80 Å². The van der Waals surface area contributed by atoms with Gasteiger partial charge in [-0.25, -0.2) is 9.78 Å². The van der Waals surface area contributed by atoms with E-state index in [0.717, 1.165) is 25.9 Å². The van der Waals surface area contributed by atoms with Crippen molar-refractivity contribution in [3.8, 4) is 0 Å². The lowest BCUT2D eigenvalue weighted by atomic mass is 10.0. The van der Waals surface area contributed by atoms with E-state index in [1.807, 2.05) is 11.9 Å². The number of alkyl halides is 3. The van der Waals surface area contributed by atoms with E-state index in [-0.39, 0.29) is 46.3 Å². The lowest BCUT2D eigenvalue weighted by Gasteiger charge is -2.40. The number of carbonyl (C=O) groups is 3. The summed E-state index contributed by atoms with van der Waals surface area (Å²) in [6, 6.07) is 4.50. The van der Waals surface area contributed by atoms with Crippen LogP contribution in [0.3, 0.4) is 0 Å². The number of nitrogens with one attached hydrogen (secondary N) is 3. The highest BCUT2D eigenvalue weighted by Gasteiger charge is 2.40. The molecule has 4 heterocycles. The van der Waals surface area contributed by atoms with Crippen molar-refractivity contribution in [2.75, 3.05) is 64.7 Å². The number of hydrogen-bond acceptors (Lipinski definition) is 6. The van der Waals surface area contributed by atoms with Crippen molar-refractivity contribution >= 4 is 35.1 Å². The summed E-state index contributed by atoms with van der Waals surface area (Å²) in [5, 5.41) is 8.84. The third-order valence-corrected chi connectivity index (χ3v) is 8.75. The second-order valence-electron chi connectivity index (χ2n) is 11.7. The van der Waals surface area contributed by atoms with E-state index >= 15 is 0 Å². The van der Waals surface area contributed by atoms with Gasteiger partial charge in [-0.05, 0) is 38.1 Å². The average Bonchev–Trinajstić information content (AvgIpc) is 3.58. The van der Waals surface area contributed by atoms with Gasteiger partial charge in [0, 0.05) is 93.5 Å². The minimum atomic E-state index is -4.61. The fraction of sp³-hybridized carbons (Fsp3) is 0.483. The molecule has 0 spiro atoms. The van der Waals surface area contributed by atoms with Crippen molar-refractivity contribution in [3.05, 3.63) is 63.5 Å². The van der Waals surface area contributed by atoms with Crippen LogP contribution in [-0.2, 0) is 12.6 Å². The normalized spacial score (nSPS) is 17.9. The number of imidazole rings is 1. The lowest BCUT2D eigenvalue weighted by Crippen LogP contribution is -2.57. The molecule has 0 radical (unpaired) electrons. The summed E-state index contributed by atoms with van der Waals surface area (Å²) in [5.74, 6) is -0.961. The lowest BCUT2D eigenvalue weighted by molar-refractivity contribution is -0.141. The molecule has 240 valence electrons. The van der Waals surface area contributed by atoms with Gasteiger partial charge >= 0.3 is 12.2 Å². The van der Waals surface area contributed by atoms with Crippen molar-refractivity contribution in [1.82, 2.24) is 39.8 Å². The zero-order chi connectivity index (χ0) is 31.9. The summed E-state index contributed by atoms with van der Waals surface area (Å²) in [7, 11) is 2.03. The molecule has 1 aliphatic carbocycles. The summed E-state index contributed by atoms with van der Waals surface area (Å²) < 4.78 is 40.6. The van der Waals surface area contributed by atoms with Crippen LogP contribution in [0.1, 0.15) is 62.4 Å². The van der Waals surface area contributed by atoms with E-state index in [2.05, 4.69) is 30.4 Å². The molecule has 16 heteroatoms.